The third kappa shape index (κ3) is 30.7. The van der Waals surface area contributed by atoms with E-state index in [1.54, 1.807) is 0 Å². The lowest BCUT2D eigenvalue weighted by Gasteiger charge is -2.20. The van der Waals surface area contributed by atoms with Gasteiger partial charge in [0.25, 0.3) is 0 Å². The highest BCUT2D eigenvalue weighted by atomic mass is 16.5. The van der Waals surface area contributed by atoms with Crippen LogP contribution in [-0.4, -0.2) is 121 Å². The van der Waals surface area contributed by atoms with Crippen LogP contribution in [-0.2, 0) is 52.3 Å². The van der Waals surface area contributed by atoms with Crippen LogP contribution in [0.15, 0.2) is 0 Å². The molecule has 0 fully saturated rings. The van der Waals surface area contributed by atoms with Crippen molar-refractivity contribution in [1.82, 2.24) is 0 Å². The highest BCUT2D eigenvalue weighted by Crippen LogP contribution is 2.27. The van der Waals surface area contributed by atoms with Gasteiger partial charge in [-0.25, -0.2) is 6.57 Å². The molecule has 0 aliphatic rings. The SMILES string of the molecule is [C-]#[N+]C(C)(CCC(=O)CCCOCCOCC(=O)CCCOCCOCC(=O)CCCOCCOCC(=O)CCCOCCC(C)C)C(C)C. The van der Waals surface area contributed by atoms with Crippen LogP contribution in [0.25, 0.3) is 4.85 Å². The summed E-state index contributed by atoms with van der Waals surface area (Å²) in [5.74, 6) is 1.02. The molecular formula is C38H67NO11. The van der Waals surface area contributed by atoms with Gasteiger partial charge in [0.2, 0.25) is 5.54 Å². The highest BCUT2D eigenvalue weighted by Gasteiger charge is 2.34. The quantitative estimate of drug-likeness (QED) is 0.0579. The Kier molecular flexibility index (Phi) is 31.4. The molecule has 0 radical (unpaired) electrons. The van der Waals surface area contributed by atoms with E-state index in [0.29, 0.717) is 136 Å². The lowest BCUT2D eigenvalue weighted by Crippen LogP contribution is -2.28. The molecule has 12 nitrogen and oxygen atoms in total. The first-order chi connectivity index (χ1) is 24.0. The van der Waals surface area contributed by atoms with Crippen LogP contribution in [0.3, 0.4) is 0 Å². The molecule has 0 spiro atoms. The molecule has 1 atom stereocenters. The lowest BCUT2D eigenvalue weighted by molar-refractivity contribution is -0.126. The fourth-order valence-corrected chi connectivity index (χ4v) is 4.33. The van der Waals surface area contributed by atoms with E-state index in [2.05, 4.69) is 18.7 Å². The normalized spacial score (nSPS) is 12.7. The van der Waals surface area contributed by atoms with Gasteiger partial charge in [-0.15, -0.1) is 0 Å². The Hall–Kier alpha value is -2.11. The Bertz CT molecular complexity index is 934. The van der Waals surface area contributed by atoms with E-state index in [4.69, 9.17) is 39.7 Å². The van der Waals surface area contributed by atoms with Crippen molar-refractivity contribution in [2.24, 2.45) is 11.8 Å². The predicted molar refractivity (Wildman–Crippen MR) is 191 cm³/mol. The number of ketones is 4. The molecule has 0 bridgehead atoms. The number of Topliss-reactive ketones (excluding diaryl/α,β-unsaturated/α-hetero) is 4. The van der Waals surface area contributed by atoms with E-state index >= 15 is 0 Å². The summed E-state index contributed by atoms with van der Waals surface area (Å²) in [5, 5.41) is 0. The van der Waals surface area contributed by atoms with E-state index in [-0.39, 0.29) is 48.9 Å². The van der Waals surface area contributed by atoms with Gasteiger partial charge in [0.15, 0.2) is 17.3 Å². The lowest BCUT2D eigenvalue weighted by atomic mass is 9.84. The maximum absolute atomic E-state index is 12.1. The molecule has 0 aromatic heterocycles. The molecule has 12 heteroatoms. The van der Waals surface area contributed by atoms with Gasteiger partial charge in [0.05, 0.1) is 39.6 Å². The zero-order valence-electron chi connectivity index (χ0n) is 31.8. The van der Waals surface area contributed by atoms with Crippen LogP contribution in [0, 0.1) is 18.4 Å². The minimum atomic E-state index is -0.489. The van der Waals surface area contributed by atoms with Gasteiger partial charge in [0, 0.05) is 84.4 Å². The standard InChI is InChI=1S/C38H67NO11/c1-32(2)16-22-44-18-8-12-35(41)29-49-27-24-46-20-10-14-37(43)31-50-28-25-47-21-9-13-36(42)30-48-26-23-45-19-7-11-34(40)15-17-38(5,39-6)33(3)4/h32-33H,7-31H2,1-5H3. The van der Waals surface area contributed by atoms with E-state index < -0.39 is 5.54 Å². The summed E-state index contributed by atoms with van der Waals surface area (Å²) in [7, 11) is 0. The van der Waals surface area contributed by atoms with Crippen LogP contribution in [0.1, 0.15) is 105 Å². The number of ether oxygens (including phenoxy) is 7. The fraction of sp³-hybridized carbons (Fsp3) is 0.868. The van der Waals surface area contributed by atoms with Gasteiger partial charge in [-0.05, 0) is 38.0 Å². The molecule has 0 heterocycles. The minimum Gasteiger partial charge on any atom is -0.381 e. The smallest absolute Gasteiger partial charge is 0.232 e. The van der Waals surface area contributed by atoms with Gasteiger partial charge in [-0.2, -0.15) is 0 Å². The number of carbonyl (C=O) groups excluding carboxylic acids is 4. The zero-order chi connectivity index (χ0) is 37.3. The van der Waals surface area contributed by atoms with Crippen LogP contribution in [0.4, 0.5) is 0 Å². The summed E-state index contributed by atoms with van der Waals surface area (Å²) in [4.78, 5) is 51.5. The molecule has 1 unspecified atom stereocenters. The minimum absolute atomic E-state index is 0.00634. The molecule has 290 valence electrons. The molecule has 0 aromatic carbocycles. The number of carbonyl (C=O) groups is 4. The number of hydrogen-bond donors (Lipinski definition) is 0. The fourth-order valence-electron chi connectivity index (χ4n) is 4.33. The van der Waals surface area contributed by atoms with Crippen LogP contribution in [0.5, 0.6) is 0 Å². The zero-order valence-corrected chi connectivity index (χ0v) is 31.8. The predicted octanol–water partition coefficient (Wildman–Crippen LogP) is 5.66. The van der Waals surface area contributed by atoms with Crippen molar-refractivity contribution in [1.29, 1.82) is 0 Å². The average molecular weight is 714 g/mol. The third-order valence-electron chi connectivity index (χ3n) is 8.13. The molecular weight excluding hydrogens is 646 g/mol. The first-order valence-corrected chi connectivity index (χ1v) is 18.5. The van der Waals surface area contributed by atoms with Gasteiger partial charge < -0.3 is 38.0 Å². The Labute approximate surface area is 301 Å². The van der Waals surface area contributed by atoms with Crippen molar-refractivity contribution in [2.75, 3.05) is 92.5 Å². The maximum atomic E-state index is 12.1. The molecule has 0 rings (SSSR count). The first-order valence-electron chi connectivity index (χ1n) is 18.5. The Balaban J connectivity index is 3.45. The summed E-state index contributed by atoms with van der Waals surface area (Å²) < 4.78 is 38.0. The molecule has 0 saturated carbocycles. The summed E-state index contributed by atoms with van der Waals surface area (Å²) in [6.45, 7) is 22.4. The highest BCUT2D eigenvalue weighted by molar-refractivity contribution is 5.80. The summed E-state index contributed by atoms with van der Waals surface area (Å²) >= 11 is 0. The van der Waals surface area contributed by atoms with Crippen LogP contribution >= 0.6 is 0 Å². The molecule has 0 amide bonds. The second kappa shape index (κ2) is 32.8. The van der Waals surface area contributed by atoms with Crippen molar-refractivity contribution >= 4 is 23.1 Å². The molecule has 50 heavy (non-hydrogen) atoms. The van der Waals surface area contributed by atoms with Gasteiger partial charge >= 0.3 is 0 Å². The van der Waals surface area contributed by atoms with Crippen molar-refractivity contribution in [3.63, 3.8) is 0 Å². The van der Waals surface area contributed by atoms with Gasteiger partial charge in [0.1, 0.15) is 25.6 Å². The average Bonchev–Trinajstić information content (AvgIpc) is 3.08. The van der Waals surface area contributed by atoms with E-state index in [0.717, 1.165) is 13.0 Å². The van der Waals surface area contributed by atoms with Crippen molar-refractivity contribution in [3.8, 4) is 0 Å². The Morgan fingerprint density at radius 3 is 1.18 bits per heavy atom. The van der Waals surface area contributed by atoms with Crippen LogP contribution < -0.4 is 0 Å². The van der Waals surface area contributed by atoms with Crippen molar-refractivity contribution in [3.05, 3.63) is 11.4 Å². The van der Waals surface area contributed by atoms with Crippen molar-refractivity contribution < 1.29 is 52.3 Å². The summed E-state index contributed by atoms with van der Waals surface area (Å²) in [6.07, 6.45) is 6.14. The number of rotatable bonds is 38. The third-order valence-corrected chi connectivity index (χ3v) is 8.13. The number of nitrogens with zero attached hydrogens (tertiary/aromatic N) is 1. The second-order valence-electron chi connectivity index (χ2n) is 13.5. The van der Waals surface area contributed by atoms with Gasteiger partial charge in [-0.3, -0.25) is 19.2 Å². The van der Waals surface area contributed by atoms with Crippen LogP contribution in [0.2, 0.25) is 0 Å². The molecule has 0 aliphatic heterocycles. The molecule has 0 N–H and O–H groups in total. The summed E-state index contributed by atoms with van der Waals surface area (Å²) in [6, 6.07) is 0. The van der Waals surface area contributed by atoms with E-state index in [1.165, 1.54) is 0 Å². The summed E-state index contributed by atoms with van der Waals surface area (Å²) in [5.41, 5.74) is -0.489. The Morgan fingerprint density at radius 1 is 0.500 bits per heavy atom. The molecule has 0 saturated heterocycles. The second-order valence-corrected chi connectivity index (χ2v) is 13.5. The van der Waals surface area contributed by atoms with Gasteiger partial charge in [-0.1, -0.05) is 27.7 Å². The number of hydrogen-bond acceptors (Lipinski definition) is 11. The molecule has 0 aliphatic carbocycles. The molecule has 0 aromatic rings. The van der Waals surface area contributed by atoms with E-state index in [9.17, 15) is 19.2 Å². The first kappa shape index (κ1) is 47.9. The largest absolute Gasteiger partial charge is 0.381 e. The monoisotopic (exact) mass is 713 g/mol. The van der Waals surface area contributed by atoms with Crippen molar-refractivity contribution in [2.45, 2.75) is 111 Å². The maximum Gasteiger partial charge on any atom is 0.232 e. The Morgan fingerprint density at radius 2 is 0.840 bits per heavy atom. The van der Waals surface area contributed by atoms with E-state index in [1.807, 2.05) is 20.8 Å². The topological polar surface area (TPSA) is 137 Å².